The molecule has 23 heavy (non-hydrogen) atoms. The average molecular weight is 326 g/mol. The van der Waals surface area contributed by atoms with Crippen LogP contribution in [0.5, 0.6) is 0 Å². The van der Waals surface area contributed by atoms with Crippen molar-refractivity contribution in [3.63, 3.8) is 0 Å². The van der Waals surface area contributed by atoms with Crippen molar-refractivity contribution in [3.8, 4) is 0 Å². The molecule has 2 saturated heterocycles. The van der Waals surface area contributed by atoms with Crippen molar-refractivity contribution in [2.24, 2.45) is 5.92 Å². The van der Waals surface area contributed by atoms with Gasteiger partial charge >= 0.3 is 6.09 Å². The molecule has 0 aromatic heterocycles. The minimum absolute atomic E-state index is 0.180. The van der Waals surface area contributed by atoms with Gasteiger partial charge in [-0.2, -0.15) is 0 Å². The second-order valence-corrected chi connectivity index (χ2v) is 7.73. The predicted molar refractivity (Wildman–Crippen MR) is 92.7 cm³/mol. The van der Waals surface area contributed by atoms with E-state index >= 15 is 0 Å². The van der Waals surface area contributed by atoms with Crippen LogP contribution >= 0.6 is 0 Å². The van der Waals surface area contributed by atoms with Crippen molar-refractivity contribution < 1.29 is 9.53 Å². The van der Waals surface area contributed by atoms with Gasteiger partial charge in [-0.1, -0.05) is 0 Å². The van der Waals surface area contributed by atoms with Gasteiger partial charge in [0.15, 0.2) is 0 Å². The van der Waals surface area contributed by atoms with Gasteiger partial charge in [-0.25, -0.2) is 4.79 Å². The summed E-state index contributed by atoms with van der Waals surface area (Å²) >= 11 is 0. The molecule has 0 spiro atoms. The molecule has 1 atom stereocenters. The zero-order valence-corrected chi connectivity index (χ0v) is 15.1. The lowest BCUT2D eigenvalue weighted by molar-refractivity contribution is 0.0146. The van der Waals surface area contributed by atoms with Crippen molar-refractivity contribution in [1.29, 1.82) is 0 Å². The van der Waals surface area contributed by atoms with Crippen LogP contribution < -0.4 is 10.6 Å². The molecule has 1 unspecified atom stereocenters. The van der Waals surface area contributed by atoms with Gasteiger partial charge in [-0.3, -0.25) is 4.90 Å². The molecule has 0 aromatic carbocycles. The van der Waals surface area contributed by atoms with Crippen LogP contribution in [-0.2, 0) is 4.74 Å². The smallest absolute Gasteiger partial charge is 0.410 e. The lowest BCUT2D eigenvalue weighted by Crippen LogP contribution is -2.51. The highest BCUT2D eigenvalue weighted by Crippen LogP contribution is 2.12. The number of carbonyl (C=O) groups excluding carboxylic acids is 1. The van der Waals surface area contributed by atoms with Crippen LogP contribution in [0.4, 0.5) is 4.79 Å². The molecule has 0 saturated carbocycles. The first-order valence-electron chi connectivity index (χ1n) is 9.06. The van der Waals surface area contributed by atoms with E-state index < -0.39 is 5.60 Å². The first kappa shape index (κ1) is 18.5. The van der Waals surface area contributed by atoms with Gasteiger partial charge in [-0.15, -0.1) is 0 Å². The Morgan fingerprint density at radius 2 is 2.00 bits per heavy atom. The molecule has 6 heteroatoms. The van der Waals surface area contributed by atoms with E-state index in [2.05, 4.69) is 15.5 Å². The standard InChI is InChI=1S/C17H34N4O2/c1-17(2,3)23-16(22)21-11-9-20(10-12-21)8-7-19-14-15-5-4-6-18-13-15/h15,18-19H,4-14H2,1-3H3. The topological polar surface area (TPSA) is 56.8 Å². The van der Waals surface area contributed by atoms with E-state index in [1.54, 1.807) is 0 Å². The van der Waals surface area contributed by atoms with Crippen molar-refractivity contribution in [1.82, 2.24) is 20.4 Å². The molecule has 2 rings (SSSR count). The molecule has 6 nitrogen and oxygen atoms in total. The second kappa shape index (κ2) is 8.85. The molecule has 1 amide bonds. The Hall–Kier alpha value is -0.850. The van der Waals surface area contributed by atoms with Crippen LogP contribution in [0.15, 0.2) is 0 Å². The third-order valence-electron chi connectivity index (χ3n) is 4.46. The Morgan fingerprint density at radius 3 is 2.61 bits per heavy atom. The number of nitrogens with one attached hydrogen (secondary N) is 2. The van der Waals surface area contributed by atoms with E-state index in [1.807, 2.05) is 25.7 Å². The summed E-state index contributed by atoms with van der Waals surface area (Å²) in [5.41, 5.74) is -0.411. The largest absolute Gasteiger partial charge is 0.444 e. The third kappa shape index (κ3) is 7.06. The Balaban J connectivity index is 1.55. The lowest BCUT2D eigenvalue weighted by Gasteiger charge is -2.35. The molecule has 134 valence electrons. The van der Waals surface area contributed by atoms with Crippen LogP contribution in [-0.4, -0.2) is 80.4 Å². The van der Waals surface area contributed by atoms with Gasteiger partial charge in [0.2, 0.25) is 0 Å². The maximum Gasteiger partial charge on any atom is 0.410 e. The summed E-state index contributed by atoms with van der Waals surface area (Å²) in [6, 6.07) is 0. The molecule has 0 aliphatic carbocycles. The van der Waals surface area contributed by atoms with E-state index in [9.17, 15) is 4.79 Å². The Kier molecular flexibility index (Phi) is 7.11. The molecule has 0 bridgehead atoms. The SMILES string of the molecule is CC(C)(C)OC(=O)N1CCN(CCNCC2CCCNC2)CC1. The van der Waals surface area contributed by atoms with E-state index in [-0.39, 0.29) is 6.09 Å². The van der Waals surface area contributed by atoms with Gasteiger partial charge in [0.1, 0.15) is 5.60 Å². The molecule has 0 aromatic rings. The fourth-order valence-electron chi connectivity index (χ4n) is 3.12. The molecular formula is C17H34N4O2. The monoisotopic (exact) mass is 326 g/mol. The van der Waals surface area contributed by atoms with Gasteiger partial charge in [0.05, 0.1) is 0 Å². The van der Waals surface area contributed by atoms with Crippen LogP contribution in [0.25, 0.3) is 0 Å². The molecule has 2 fully saturated rings. The highest BCUT2D eigenvalue weighted by molar-refractivity contribution is 5.68. The summed E-state index contributed by atoms with van der Waals surface area (Å²) in [6.45, 7) is 14.7. The maximum atomic E-state index is 12.0. The third-order valence-corrected chi connectivity index (χ3v) is 4.46. The highest BCUT2D eigenvalue weighted by Gasteiger charge is 2.25. The summed E-state index contributed by atoms with van der Waals surface area (Å²) in [7, 11) is 0. The number of nitrogens with zero attached hydrogens (tertiary/aromatic N) is 2. The minimum Gasteiger partial charge on any atom is -0.444 e. The minimum atomic E-state index is -0.411. The van der Waals surface area contributed by atoms with Crippen molar-refractivity contribution in [3.05, 3.63) is 0 Å². The van der Waals surface area contributed by atoms with Gasteiger partial charge in [0.25, 0.3) is 0 Å². The fourth-order valence-corrected chi connectivity index (χ4v) is 3.12. The van der Waals surface area contributed by atoms with Gasteiger partial charge in [-0.05, 0) is 59.2 Å². The number of rotatable bonds is 5. The predicted octanol–water partition coefficient (Wildman–Crippen LogP) is 1.13. The summed E-state index contributed by atoms with van der Waals surface area (Å²) in [5.74, 6) is 0.785. The highest BCUT2D eigenvalue weighted by atomic mass is 16.6. The zero-order valence-electron chi connectivity index (χ0n) is 15.1. The summed E-state index contributed by atoms with van der Waals surface area (Å²) < 4.78 is 5.43. The molecular weight excluding hydrogens is 292 g/mol. The average Bonchev–Trinajstić information content (AvgIpc) is 2.51. The summed E-state index contributed by atoms with van der Waals surface area (Å²) in [5, 5.41) is 7.04. The van der Waals surface area contributed by atoms with Crippen LogP contribution in [0, 0.1) is 5.92 Å². The number of hydrogen-bond acceptors (Lipinski definition) is 5. The molecule has 2 N–H and O–H groups in total. The van der Waals surface area contributed by atoms with Crippen molar-refractivity contribution in [2.45, 2.75) is 39.2 Å². The number of carbonyl (C=O) groups is 1. The second-order valence-electron chi connectivity index (χ2n) is 7.73. The number of amides is 1. The van der Waals surface area contributed by atoms with E-state index in [4.69, 9.17) is 4.74 Å². The molecule has 2 aliphatic heterocycles. The number of ether oxygens (including phenoxy) is 1. The Bertz CT molecular complexity index is 356. The number of piperazine rings is 1. The Labute approximate surface area is 140 Å². The van der Waals surface area contributed by atoms with Gasteiger partial charge in [0, 0.05) is 39.3 Å². The van der Waals surface area contributed by atoms with Gasteiger partial charge < -0.3 is 20.3 Å². The maximum absolute atomic E-state index is 12.0. The number of hydrogen-bond donors (Lipinski definition) is 2. The van der Waals surface area contributed by atoms with E-state index in [0.717, 1.165) is 58.3 Å². The zero-order chi connectivity index (χ0) is 16.7. The van der Waals surface area contributed by atoms with E-state index in [0.29, 0.717) is 0 Å². The fraction of sp³-hybridized carbons (Fsp3) is 0.941. The molecule has 2 heterocycles. The van der Waals surface area contributed by atoms with Crippen molar-refractivity contribution >= 4 is 6.09 Å². The first-order chi connectivity index (χ1) is 10.9. The lowest BCUT2D eigenvalue weighted by atomic mass is 10.00. The van der Waals surface area contributed by atoms with E-state index in [1.165, 1.54) is 19.4 Å². The number of piperidine rings is 1. The quantitative estimate of drug-likeness (QED) is 0.742. The summed E-state index contributed by atoms with van der Waals surface area (Å²) in [4.78, 5) is 16.3. The van der Waals surface area contributed by atoms with Crippen LogP contribution in [0.3, 0.4) is 0 Å². The normalized spacial score (nSPS) is 23.8. The van der Waals surface area contributed by atoms with Crippen LogP contribution in [0.2, 0.25) is 0 Å². The summed E-state index contributed by atoms with van der Waals surface area (Å²) in [6.07, 6.45) is 2.47. The van der Waals surface area contributed by atoms with Crippen LogP contribution in [0.1, 0.15) is 33.6 Å². The van der Waals surface area contributed by atoms with Crippen molar-refractivity contribution in [2.75, 3.05) is 58.9 Å². The molecule has 2 aliphatic rings. The first-order valence-corrected chi connectivity index (χ1v) is 9.06. The molecule has 0 radical (unpaired) electrons. The Morgan fingerprint density at radius 1 is 1.26 bits per heavy atom.